The zero-order valence-corrected chi connectivity index (χ0v) is 13.7. The lowest BCUT2D eigenvalue weighted by Gasteiger charge is -2.41. The van der Waals surface area contributed by atoms with Crippen molar-refractivity contribution in [1.82, 2.24) is 15.1 Å². The molecular formula is C18H19F3N4. The van der Waals surface area contributed by atoms with Crippen molar-refractivity contribution >= 4 is 5.82 Å². The third-order valence-electron chi connectivity index (χ3n) is 5.04. The Labute approximate surface area is 144 Å². The van der Waals surface area contributed by atoms with E-state index >= 15 is 0 Å². The van der Waals surface area contributed by atoms with Crippen LogP contribution in [0.1, 0.15) is 12.8 Å². The standard InChI is InChI=1S/C18H19F3N4/c19-18(20,21)12-25-14-6-7-15(25)11-24(10-14)17-9-8-16(22-23-17)13-4-2-1-3-5-13/h1-5,8-9,14-15H,6-7,10-12H2. The summed E-state index contributed by atoms with van der Waals surface area (Å²) >= 11 is 0. The van der Waals surface area contributed by atoms with Gasteiger partial charge in [0, 0.05) is 30.7 Å². The first-order valence-corrected chi connectivity index (χ1v) is 8.46. The van der Waals surface area contributed by atoms with Gasteiger partial charge in [0.2, 0.25) is 0 Å². The summed E-state index contributed by atoms with van der Waals surface area (Å²) in [5, 5.41) is 8.60. The van der Waals surface area contributed by atoms with E-state index in [0.29, 0.717) is 13.1 Å². The van der Waals surface area contributed by atoms with Crippen LogP contribution in [-0.4, -0.2) is 53.0 Å². The largest absolute Gasteiger partial charge is 0.401 e. The molecule has 0 amide bonds. The van der Waals surface area contributed by atoms with E-state index < -0.39 is 12.7 Å². The van der Waals surface area contributed by atoms with E-state index in [4.69, 9.17) is 0 Å². The van der Waals surface area contributed by atoms with Crippen LogP contribution in [0.2, 0.25) is 0 Å². The van der Waals surface area contributed by atoms with Crippen LogP contribution in [0.15, 0.2) is 42.5 Å². The van der Waals surface area contributed by atoms with E-state index in [1.54, 1.807) is 4.90 Å². The fraction of sp³-hybridized carbons (Fsp3) is 0.444. The molecule has 3 heterocycles. The molecule has 2 unspecified atom stereocenters. The van der Waals surface area contributed by atoms with Gasteiger partial charge in [-0.15, -0.1) is 10.2 Å². The second-order valence-corrected chi connectivity index (χ2v) is 6.72. The molecule has 132 valence electrons. The molecule has 0 saturated carbocycles. The minimum absolute atomic E-state index is 0.0593. The van der Waals surface area contributed by atoms with Crippen molar-refractivity contribution in [2.75, 3.05) is 24.5 Å². The molecule has 0 spiro atoms. The number of piperazine rings is 1. The molecule has 4 rings (SSSR count). The van der Waals surface area contributed by atoms with Gasteiger partial charge in [-0.3, -0.25) is 4.90 Å². The maximum atomic E-state index is 12.8. The Morgan fingerprint density at radius 3 is 2.16 bits per heavy atom. The highest BCUT2D eigenvalue weighted by Gasteiger charge is 2.45. The van der Waals surface area contributed by atoms with Crippen molar-refractivity contribution in [1.29, 1.82) is 0 Å². The summed E-state index contributed by atoms with van der Waals surface area (Å²) in [5.41, 5.74) is 1.79. The smallest absolute Gasteiger partial charge is 0.352 e. The number of aromatic nitrogens is 2. The number of hydrogen-bond acceptors (Lipinski definition) is 4. The molecule has 2 aromatic rings. The van der Waals surface area contributed by atoms with Crippen LogP contribution in [0.25, 0.3) is 11.3 Å². The number of nitrogens with zero attached hydrogens (tertiary/aromatic N) is 4. The van der Waals surface area contributed by atoms with Gasteiger partial charge in [-0.2, -0.15) is 13.2 Å². The summed E-state index contributed by atoms with van der Waals surface area (Å²) in [6.07, 6.45) is -2.51. The molecule has 25 heavy (non-hydrogen) atoms. The van der Waals surface area contributed by atoms with E-state index in [1.807, 2.05) is 42.5 Å². The number of alkyl halides is 3. The molecule has 0 aliphatic carbocycles. The molecule has 2 bridgehead atoms. The summed E-state index contributed by atoms with van der Waals surface area (Å²) in [6, 6.07) is 13.5. The Bertz CT molecular complexity index is 703. The normalized spacial score (nSPS) is 23.9. The average Bonchev–Trinajstić information content (AvgIpc) is 2.83. The number of rotatable bonds is 3. The summed E-state index contributed by atoms with van der Waals surface area (Å²) in [6.45, 7) is 0.340. The lowest BCUT2D eigenvalue weighted by molar-refractivity contribution is -0.153. The number of benzene rings is 1. The Morgan fingerprint density at radius 1 is 0.920 bits per heavy atom. The first-order valence-electron chi connectivity index (χ1n) is 8.46. The highest BCUT2D eigenvalue weighted by Crippen LogP contribution is 2.34. The van der Waals surface area contributed by atoms with Gasteiger partial charge in [0.15, 0.2) is 5.82 Å². The average molecular weight is 348 g/mol. The number of fused-ring (bicyclic) bond motifs is 2. The zero-order valence-electron chi connectivity index (χ0n) is 13.7. The number of anilines is 1. The van der Waals surface area contributed by atoms with Crippen LogP contribution in [-0.2, 0) is 0 Å². The van der Waals surface area contributed by atoms with E-state index in [-0.39, 0.29) is 12.1 Å². The molecular weight excluding hydrogens is 329 g/mol. The van der Waals surface area contributed by atoms with Gasteiger partial charge in [0.25, 0.3) is 0 Å². The van der Waals surface area contributed by atoms with Crippen LogP contribution in [0, 0.1) is 0 Å². The van der Waals surface area contributed by atoms with Crippen molar-refractivity contribution in [2.45, 2.75) is 31.1 Å². The van der Waals surface area contributed by atoms with Crippen molar-refractivity contribution in [3.05, 3.63) is 42.5 Å². The Hall–Kier alpha value is -2.15. The van der Waals surface area contributed by atoms with Crippen molar-refractivity contribution in [3.8, 4) is 11.3 Å². The molecule has 0 radical (unpaired) electrons. The van der Waals surface area contributed by atoms with Crippen LogP contribution in [0.3, 0.4) is 0 Å². The van der Waals surface area contributed by atoms with Gasteiger partial charge >= 0.3 is 6.18 Å². The third-order valence-corrected chi connectivity index (χ3v) is 5.04. The lowest BCUT2D eigenvalue weighted by Crippen LogP contribution is -2.56. The summed E-state index contributed by atoms with van der Waals surface area (Å²) < 4.78 is 38.3. The predicted octanol–water partition coefficient (Wildman–Crippen LogP) is 3.36. The lowest BCUT2D eigenvalue weighted by atomic mass is 10.1. The maximum absolute atomic E-state index is 12.8. The highest BCUT2D eigenvalue weighted by atomic mass is 19.4. The topological polar surface area (TPSA) is 32.3 Å². The minimum atomic E-state index is -4.14. The quantitative estimate of drug-likeness (QED) is 0.851. The predicted molar refractivity (Wildman–Crippen MR) is 89.3 cm³/mol. The molecule has 1 aromatic carbocycles. The van der Waals surface area contributed by atoms with E-state index in [0.717, 1.165) is 29.9 Å². The summed E-state index contributed by atoms with van der Waals surface area (Å²) in [7, 11) is 0. The second kappa shape index (κ2) is 6.29. The molecule has 7 heteroatoms. The van der Waals surface area contributed by atoms with Gasteiger partial charge in [-0.1, -0.05) is 30.3 Å². The van der Waals surface area contributed by atoms with Crippen LogP contribution < -0.4 is 4.90 Å². The third kappa shape index (κ3) is 3.46. The van der Waals surface area contributed by atoms with Crippen LogP contribution >= 0.6 is 0 Å². The van der Waals surface area contributed by atoms with Crippen molar-refractivity contribution in [2.24, 2.45) is 0 Å². The van der Waals surface area contributed by atoms with Gasteiger partial charge in [-0.25, -0.2) is 0 Å². The molecule has 2 aliphatic heterocycles. The molecule has 2 saturated heterocycles. The van der Waals surface area contributed by atoms with Crippen LogP contribution in [0.4, 0.5) is 19.0 Å². The number of halogens is 3. The van der Waals surface area contributed by atoms with Gasteiger partial charge < -0.3 is 4.90 Å². The molecule has 2 fully saturated rings. The Balaban J connectivity index is 1.47. The Morgan fingerprint density at radius 2 is 1.60 bits per heavy atom. The second-order valence-electron chi connectivity index (χ2n) is 6.72. The van der Waals surface area contributed by atoms with Crippen molar-refractivity contribution in [3.63, 3.8) is 0 Å². The number of hydrogen-bond donors (Lipinski definition) is 0. The van der Waals surface area contributed by atoms with Crippen molar-refractivity contribution < 1.29 is 13.2 Å². The summed E-state index contributed by atoms with van der Waals surface area (Å²) in [5.74, 6) is 0.739. The van der Waals surface area contributed by atoms with E-state index in [1.165, 1.54) is 0 Å². The van der Waals surface area contributed by atoms with Gasteiger partial charge in [0.05, 0.1) is 12.2 Å². The first kappa shape index (κ1) is 16.3. The van der Waals surface area contributed by atoms with Gasteiger partial charge in [0.1, 0.15) is 0 Å². The van der Waals surface area contributed by atoms with E-state index in [9.17, 15) is 13.2 Å². The Kier molecular flexibility index (Phi) is 4.11. The van der Waals surface area contributed by atoms with Crippen LogP contribution in [0.5, 0.6) is 0 Å². The minimum Gasteiger partial charge on any atom is -0.352 e. The monoisotopic (exact) mass is 348 g/mol. The van der Waals surface area contributed by atoms with E-state index in [2.05, 4.69) is 15.1 Å². The molecule has 1 aromatic heterocycles. The molecule has 2 aliphatic rings. The fourth-order valence-corrected chi connectivity index (χ4v) is 3.90. The molecule has 2 atom stereocenters. The summed E-state index contributed by atoms with van der Waals surface area (Å²) in [4.78, 5) is 3.68. The van der Waals surface area contributed by atoms with Gasteiger partial charge in [-0.05, 0) is 25.0 Å². The first-order chi connectivity index (χ1) is 12.0. The zero-order chi connectivity index (χ0) is 17.4. The molecule has 0 N–H and O–H groups in total. The molecule has 4 nitrogen and oxygen atoms in total. The highest BCUT2D eigenvalue weighted by molar-refractivity contribution is 5.59. The maximum Gasteiger partial charge on any atom is 0.401 e. The SMILES string of the molecule is FC(F)(F)CN1C2CCC1CN(c1ccc(-c3ccccc3)nn1)C2. The fourth-order valence-electron chi connectivity index (χ4n) is 3.90.